The molecule has 18 heavy (non-hydrogen) atoms. The Morgan fingerprint density at radius 1 is 1.39 bits per heavy atom. The Morgan fingerprint density at radius 2 is 2.00 bits per heavy atom. The first-order valence-electron chi connectivity index (χ1n) is 6.32. The summed E-state index contributed by atoms with van der Waals surface area (Å²) in [5.74, 6) is -0.356. The highest BCUT2D eigenvalue weighted by Gasteiger charge is 2.23. The Hall–Kier alpha value is -1.51. The molecule has 3 heteroatoms. The van der Waals surface area contributed by atoms with Gasteiger partial charge in [0.15, 0.2) is 0 Å². The summed E-state index contributed by atoms with van der Waals surface area (Å²) >= 11 is 0. The van der Waals surface area contributed by atoms with Crippen LogP contribution in [0, 0.1) is 18.3 Å². The fourth-order valence-electron chi connectivity index (χ4n) is 1.60. The number of nitrogens with one attached hydrogen (secondary N) is 1. The van der Waals surface area contributed by atoms with Crippen LogP contribution in [-0.2, 0) is 0 Å². The lowest BCUT2D eigenvalue weighted by atomic mass is 9.81. The fourth-order valence-corrected chi connectivity index (χ4v) is 1.60. The van der Waals surface area contributed by atoms with E-state index in [9.17, 15) is 9.90 Å². The monoisotopic (exact) mass is 249 g/mol. The predicted octanol–water partition coefficient (Wildman–Crippen LogP) is 3.79. The van der Waals surface area contributed by atoms with Gasteiger partial charge >= 0.3 is 5.97 Å². The number of rotatable bonds is 5. The Labute approximate surface area is 109 Å². The third-order valence-corrected chi connectivity index (χ3v) is 3.79. The molecule has 0 aliphatic heterocycles. The molecule has 0 aliphatic carbocycles. The highest BCUT2D eigenvalue weighted by Crippen LogP contribution is 2.28. The van der Waals surface area contributed by atoms with Gasteiger partial charge in [0.05, 0.1) is 11.3 Å². The molecule has 3 nitrogen and oxygen atoms in total. The van der Waals surface area contributed by atoms with Crippen LogP contribution in [0.2, 0.25) is 0 Å². The van der Waals surface area contributed by atoms with E-state index >= 15 is 0 Å². The van der Waals surface area contributed by atoms with Crippen molar-refractivity contribution in [1.29, 1.82) is 0 Å². The molecule has 0 fully saturated rings. The van der Waals surface area contributed by atoms with Gasteiger partial charge in [0.1, 0.15) is 0 Å². The van der Waals surface area contributed by atoms with Crippen molar-refractivity contribution in [1.82, 2.24) is 0 Å². The minimum absolute atomic E-state index is 0.123. The molecule has 100 valence electrons. The Morgan fingerprint density at radius 3 is 2.50 bits per heavy atom. The summed E-state index contributed by atoms with van der Waals surface area (Å²) in [5, 5.41) is 12.5. The van der Waals surface area contributed by atoms with Gasteiger partial charge in [-0.2, -0.15) is 0 Å². The number of aromatic carboxylic acids is 1. The largest absolute Gasteiger partial charge is 0.478 e. The number of hydrogen-bond donors (Lipinski definition) is 2. The zero-order chi connectivity index (χ0) is 13.9. The van der Waals surface area contributed by atoms with Gasteiger partial charge in [0.2, 0.25) is 0 Å². The SMILES string of the molecule is Cc1cccc(C(=O)O)c1NCC(C)(C)C(C)C. The van der Waals surface area contributed by atoms with Crippen molar-refractivity contribution in [2.75, 3.05) is 11.9 Å². The second-order valence-corrected chi connectivity index (χ2v) is 5.80. The molecular weight excluding hydrogens is 226 g/mol. The number of carboxylic acids is 1. The molecule has 1 rings (SSSR count). The molecule has 0 amide bonds. The van der Waals surface area contributed by atoms with Gasteiger partial charge in [0, 0.05) is 6.54 Å². The van der Waals surface area contributed by atoms with E-state index in [1.807, 2.05) is 13.0 Å². The summed E-state index contributed by atoms with van der Waals surface area (Å²) in [6, 6.07) is 5.34. The number of hydrogen-bond acceptors (Lipinski definition) is 2. The standard InChI is InChI=1S/C15H23NO2/c1-10(2)15(4,5)9-16-13-11(3)7-6-8-12(13)14(17)18/h6-8,10,16H,9H2,1-5H3,(H,17,18). The molecule has 0 radical (unpaired) electrons. The predicted molar refractivity (Wildman–Crippen MR) is 75.2 cm³/mol. The Kier molecular flexibility index (Phi) is 4.38. The average Bonchev–Trinajstić information content (AvgIpc) is 2.26. The molecule has 0 unspecified atom stereocenters. The third kappa shape index (κ3) is 3.25. The summed E-state index contributed by atoms with van der Waals surface area (Å²) < 4.78 is 0. The van der Waals surface area contributed by atoms with Crippen molar-refractivity contribution in [3.8, 4) is 0 Å². The van der Waals surface area contributed by atoms with Gasteiger partial charge in [-0.25, -0.2) is 4.79 Å². The quantitative estimate of drug-likeness (QED) is 0.834. The topological polar surface area (TPSA) is 49.3 Å². The van der Waals surface area contributed by atoms with Crippen LogP contribution in [0.5, 0.6) is 0 Å². The summed E-state index contributed by atoms with van der Waals surface area (Å²) in [6.07, 6.45) is 0. The van der Waals surface area contributed by atoms with E-state index in [0.29, 0.717) is 11.5 Å². The molecular formula is C15H23NO2. The highest BCUT2D eigenvalue weighted by atomic mass is 16.4. The van der Waals surface area contributed by atoms with Crippen molar-refractivity contribution in [3.63, 3.8) is 0 Å². The molecule has 1 aromatic carbocycles. The number of aryl methyl sites for hydroxylation is 1. The van der Waals surface area contributed by atoms with Gasteiger partial charge < -0.3 is 10.4 Å². The van der Waals surface area contributed by atoms with Crippen LogP contribution >= 0.6 is 0 Å². The van der Waals surface area contributed by atoms with Crippen LogP contribution in [0.1, 0.15) is 43.6 Å². The summed E-state index contributed by atoms with van der Waals surface area (Å²) in [4.78, 5) is 11.2. The summed E-state index contributed by atoms with van der Waals surface area (Å²) in [6.45, 7) is 11.4. The summed E-state index contributed by atoms with van der Waals surface area (Å²) in [7, 11) is 0. The average molecular weight is 249 g/mol. The molecule has 0 atom stereocenters. The van der Waals surface area contributed by atoms with E-state index in [2.05, 4.69) is 33.0 Å². The minimum Gasteiger partial charge on any atom is -0.478 e. The molecule has 0 bridgehead atoms. The van der Waals surface area contributed by atoms with Crippen LogP contribution in [0.25, 0.3) is 0 Å². The van der Waals surface area contributed by atoms with Crippen molar-refractivity contribution < 1.29 is 9.90 Å². The highest BCUT2D eigenvalue weighted by molar-refractivity contribution is 5.95. The van der Waals surface area contributed by atoms with Crippen molar-refractivity contribution in [2.24, 2.45) is 11.3 Å². The number of carbonyl (C=O) groups is 1. The molecule has 0 aromatic heterocycles. The fraction of sp³-hybridized carbons (Fsp3) is 0.533. The van der Waals surface area contributed by atoms with Crippen molar-refractivity contribution in [2.45, 2.75) is 34.6 Å². The lowest BCUT2D eigenvalue weighted by Crippen LogP contribution is -2.29. The number of carboxylic acid groups (broad SMARTS) is 1. The van der Waals surface area contributed by atoms with E-state index in [1.54, 1.807) is 12.1 Å². The Bertz CT molecular complexity index is 436. The molecule has 0 saturated heterocycles. The van der Waals surface area contributed by atoms with E-state index < -0.39 is 5.97 Å². The molecule has 0 heterocycles. The van der Waals surface area contributed by atoms with Crippen LogP contribution in [0.15, 0.2) is 18.2 Å². The smallest absolute Gasteiger partial charge is 0.337 e. The normalized spacial score (nSPS) is 11.7. The molecule has 0 spiro atoms. The lowest BCUT2D eigenvalue weighted by molar-refractivity contribution is 0.0697. The van der Waals surface area contributed by atoms with Gasteiger partial charge in [-0.05, 0) is 29.9 Å². The van der Waals surface area contributed by atoms with Crippen LogP contribution < -0.4 is 5.32 Å². The number of para-hydroxylation sites is 1. The Balaban J connectivity index is 2.95. The minimum atomic E-state index is -0.886. The lowest BCUT2D eigenvalue weighted by Gasteiger charge is -2.30. The van der Waals surface area contributed by atoms with Gasteiger partial charge in [-0.1, -0.05) is 39.8 Å². The molecule has 0 saturated carbocycles. The first-order valence-corrected chi connectivity index (χ1v) is 6.32. The zero-order valence-corrected chi connectivity index (χ0v) is 11.9. The van der Waals surface area contributed by atoms with E-state index in [0.717, 1.165) is 17.8 Å². The molecule has 2 N–H and O–H groups in total. The van der Waals surface area contributed by atoms with Crippen molar-refractivity contribution in [3.05, 3.63) is 29.3 Å². The first kappa shape index (κ1) is 14.6. The third-order valence-electron chi connectivity index (χ3n) is 3.79. The first-order chi connectivity index (χ1) is 8.25. The van der Waals surface area contributed by atoms with Crippen molar-refractivity contribution >= 4 is 11.7 Å². The van der Waals surface area contributed by atoms with Gasteiger partial charge in [-0.15, -0.1) is 0 Å². The van der Waals surface area contributed by atoms with Crippen LogP contribution in [0.4, 0.5) is 5.69 Å². The van der Waals surface area contributed by atoms with E-state index in [1.165, 1.54) is 0 Å². The molecule has 1 aromatic rings. The number of benzene rings is 1. The van der Waals surface area contributed by atoms with E-state index in [4.69, 9.17) is 0 Å². The number of anilines is 1. The second-order valence-electron chi connectivity index (χ2n) is 5.80. The molecule has 0 aliphatic rings. The maximum absolute atomic E-state index is 11.2. The van der Waals surface area contributed by atoms with Crippen LogP contribution in [0.3, 0.4) is 0 Å². The maximum Gasteiger partial charge on any atom is 0.337 e. The van der Waals surface area contributed by atoms with Gasteiger partial charge in [-0.3, -0.25) is 0 Å². The van der Waals surface area contributed by atoms with E-state index in [-0.39, 0.29) is 5.41 Å². The van der Waals surface area contributed by atoms with Crippen LogP contribution in [-0.4, -0.2) is 17.6 Å². The maximum atomic E-state index is 11.2. The zero-order valence-electron chi connectivity index (χ0n) is 11.9. The summed E-state index contributed by atoms with van der Waals surface area (Å²) in [5.41, 5.74) is 2.17. The second kappa shape index (κ2) is 5.42. The van der Waals surface area contributed by atoms with Gasteiger partial charge in [0.25, 0.3) is 0 Å².